The first kappa shape index (κ1) is 29.9. The number of hydrogen-bond acceptors (Lipinski definition) is 15. The van der Waals surface area contributed by atoms with Crippen molar-refractivity contribution < 1.29 is 74.3 Å². The number of quaternary nitrogens is 1. The number of likely N-dealkylation sites (N-methyl/N-ethyl adjacent to an activating group) is 1. The molecule has 16 heteroatoms. The molecule has 3 rings (SSSR count). The minimum absolute atomic E-state index is 0.168. The summed E-state index contributed by atoms with van der Waals surface area (Å²) in [7, 11) is 1.61. The molecule has 1 aromatic rings. The Hall–Kier alpha value is -2.64. The Bertz CT molecular complexity index is 966. The lowest BCUT2D eigenvalue weighted by atomic mass is 9.88. The third-order valence-corrected chi connectivity index (χ3v) is 6.41. The highest BCUT2D eigenvalue weighted by Gasteiger charge is 2.50. The molecule has 11 N–H and O–H groups in total. The van der Waals surface area contributed by atoms with E-state index in [1.54, 1.807) is 12.4 Å². The van der Waals surface area contributed by atoms with Gasteiger partial charge in [0.05, 0.1) is 32.3 Å². The number of rotatable bonds is 9. The van der Waals surface area contributed by atoms with Gasteiger partial charge in [0.15, 0.2) is 12.4 Å². The summed E-state index contributed by atoms with van der Waals surface area (Å²) in [5.41, 5.74) is 5.44. The lowest BCUT2D eigenvalue weighted by molar-refractivity contribution is -0.694. The van der Waals surface area contributed by atoms with Crippen molar-refractivity contribution in [1.82, 2.24) is 0 Å². The van der Waals surface area contributed by atoms with Crippen LogP contribution in [-0.2, 0) is 28.5 Å². The van der Waals surface area contributed by atoms with Crippen molar-refractivity contribution in [3.63, 3.8) is 0 Å². The van der Waals surface area contributed by atoms with Crippen LogP contribution in [0.2, 0.25) is 0 Å². The molecule has 4 unspecified atom stereocenters. The minimum atomic E-state index is -1.95. The molecule has 0 amide bonds. The topological polar surface area (TPSA) is 265 Å². The Morgan fingerprint density at radius 3 is 2.39 bits per heavy atom. The van der Waals surface area contributed by atoms with Gasteiger partial charge in [0.2, 0.25) is 13.1 Å². The van der Waals surface area contributed by atoms with Crippen LogP contribution >= 0.6 is 0 Å². The Morgan fingerprint density at radius 1 is 1.03 bits per heavy atom. The number of esters is 2. The smallest absolute Gasteiger partial charge is 0.344 e. The van der Waals surface area contributed by atoms with E-state index in [-0.39, 0.29) is 17.9 Å². The maximum atomic E-state index is 12.5. The zero-order chi connectivity index (χ0) is 28.1. The monoisotopic (exact) mass is 549 g/mol. The minimum Gasteiger partial charge on any atom is -0.507 e. The van der Waals surface area contributed by atoms with E-state index in [4.69, 9.17) is 29.4 Å². The number of carbonyl (C=O) groups is 2. The number of aliphatic hydroxyl groups is 6. The van der Waals surface area contributed by atoms with Crippen molar-refractivity contribution in [1.29, 1.82) is 0 Å². The largest absolute Gasteiger partial charge is 0.507 e. The van der Waals surface area contributed by atoms with Gasteiger partial charge in [-0.2, -0.15) is 0 Å². The maximum absolute atomic E-state index is 12.5. The predicted octanol–water partition coefficient (Wildman–Crippen LogP) is -5.30. The van der Waals surface area contributed by atoms with Crippen molar-refractivity contribution in [2.24, 2.45) is 5.92 Å². The fourth-order valence-corrected chi connectivity index (χ4v) is 4.24. The normalized spacial score (nSPS) is 35.4. The second-order valence-corrected chi connectivity index (χ2v) is 8.83. The van der Waals surface area contributed by atoms with E-state index in [0.29, 0.717) is 0 Å². The van der Waals surface area contributed by atoms with Gasteiger partial charge < -0.3 is 70.5 Å². The quantitative estimate of drug-likeness (QED) is 0.0602. The van der Waals surface area contributed by atoms with Gasteiger partial charge in [-0.15, -0.1) is 0 Å². The molecule has 2 heterocycles. The summed E-state index contributed by atoms with van der Waals surface area (Å²) in [6.07, 6.45) is -13.0. The second-order valence-electron chi connectivity index (χ2n) is 8.83. The van der Waals surface area contributed by atoms with Crippen LogP contribution in [0.4, 0.5) is 5.69 Å². The summed E-state index contributed by atoms with van der Waals surface area (Å²) >= 11 is 0. The Morgan fingerprint density at radius 2 is 1.74 bits per heavy atom. The number of carbonyl (C=O) groups excluding carboxylic acids is 2. The number of phenols is 1. The van der Waals surface area contributed by atoms with E-state index < -0.39 is 92.3 Å². The first-order valence-electron chi connectivity index (χ1n) is 11.7. The summed E-state index contributed by atoms with van der Waals surface area (Å²) in [6.45, 7) is -1.92. The number of anilines is 1. The molecule has 0 aliphatic carbocycles. The Labute approximate surface area is 216 Å². The molecule has 0 radical (unpaired) electrons. The van der Waals surface area contributed by atoms with Crippen LogP contribution in [0.1, 0.15) is 10.4 Å². The van der Waals surface area contributed by atoms with Crippen LogP contribution in [0.3, 0.4) is 0 Å². The van der Waals surface area contributed by atoms with E-state index in [2.05, 4.69) is 0 Å². The first-order chi connectivity index (χ1) is 18.0. The molecule has 0 saturated carbocycles. The van der Waals surface area contributed by atoms with E-state index in [0.717, 1.165) is 6.07 Å². The summed E-state index contributed by atoms with van der Waals surface area (Å²) < 4.78 is 25.5. The van der Waals surface area contributed by atoms with Gasteiger partial charge in [0.1, 0.15) is 41.8 Å². The molecule has 38 heavy (non-hydrogen) atoms. The Balaban J connectivity index is 1.60. The van der Waals surface area contributed by atoms with Gasteiger partial charge >= 0.3 is 11.9 Å². The first-order valence-corrected chi connectivity index (χ1v) is 11.7. The van der Waals surface area contributed by atoms with Crippen LogP contribution in [0.25, 0.3) is 0 Å². The number of hydrogen-bond donors (Lipinski definition) is 9. The lowest BCUT2D eigenvalue weighted by Crippen LogP contribution is -2.93. The number of nitrogen functional groups attached to an aromatic ring is 1. The molecule has 10 atom stereocenters. The second kappa shape index (κ2) is 12.9. The number of aromatic hydroxyl groups is 1. The van der Waals surface area contributed by atoms with Gasteiger partial charge in [-0.25, -0.2) is 9.59 Å². The van der Waals surface area contributed by atoms with E-state index in [9.17, 15) is 45.3 Å². The molecule has 0 bridgehead atoms. The van der Waals surface area contributed by atoms with Crippen LogP contribution in [0.15, 0.2) is 18.2 Å². The van der Waals surface area contributed by atoms with Crippen molar-refractivity contribution in [3.8, 4) is 5.75 Å². The zero-order valence-electron chi connectivity index (χ0n) is 20.3. The summed E-state index contributed by atoms with van der Waals surface area (Å²) in [6, 6.07) is 2.93. The van der Waals surface area contributed by atoms with Crippen LogP contribution in [-0.4, -0.2) is 130 Å². The van der Waals surface area contributed by atoms with Crippen molar-refractivity contribution >= 4 is 17.6 Å². The van der Waals surface area contributed by atoms with Crippen molar-refractivity contribution in [3.05, 3.63) is 23.8 Å². The number of aliphatic hydroxyl groups excluding tert-OH is 6. The lowest BCUT2D eigenvalue weighted by Gasteiger charge is -2.42. The van der Waals surface area contributed by atoms with Gasteiger partial charge in [0, 0.05) is 5.69 Å². The maximum Gasteiger partial charge on any atom is 0.344 e. The van der Waals surface area contributed by atoms with Gasteiger partial charge in [-0.3, -0.25) is 0 Å². The number of phenolic OH excluding ortho intramolecular Hbond substituents is 1. The highest BCUT2D eigenvalue weighted by Crippen LogP contribution is 2.28. The number of nitrogens with two attached hydrogens (primary N) is 2. The average Bonchev–Trinajstić information content (AvgIpc) is 2.89. The van der Waals surface area contributed by atoms with Crippen molar-refractivity contribution in [2.75, 3.05) is 32.8 Å². The van der Waals surface area contributed by atoms with E-state index in [1.807, 2.05) is 0 Å². The highest BCUT2D eigenvalue weighted by atomic mass is 16.7. The molecule has 214 valence electrons. The molecule has 2 aliphatic heterocycles. The van der Waals surface area contributed by atoms with Crippen molar-refractivity contribution in [2.45, 2.75) is 55.2 Å². The zero-order valence-corrected chi connectivity index (χ0v) is 20.3. The van der Waals surface area contributed by atoms with Crippen LogP contribution in [0.5, 0.6) is 5.75 Å². The molecule has 0 spiro atoms. The summed E-state index contributed by atoms with van der Waals surface area (Å²) in [4.78, 5) is 24.6. The van der Waals surface area contributed by atoms with Crippen LogP contribution in [0, 0.1) is 5.92 Å². The highest BCUT2D eigenvalue weighted by molar-refractivity contribution is 5.93. The third-order valence-electron chi connectivity index (χ3n) is 6.41. The molecule has 1 aromatic carbocycles. The predicted molar refractivity (Wildman–Crippen MR) is 121 cm³/mol. The SMILES string of the molecule is C[NH2+]C1[C@H](O)OC(CO)[C@H](O)[C@H]1CO[C@@H]1OC(C(=O)OCOC(=O)c2cc(N)ccc2O)[C@@H](O)[C@@H](O)C1O. The van der Waals surface area contributed by atoms with Gasteiger partial charge in [-0.1, -0.05) is 0 Å². The molecule has 16 nitrogen and oxygen atoms in total. The van der Waals surface area contributed by atoms with E-state index >= 15 is 0 Å². The fourth-order valence-electron chi connectivity index (χ4n) is 4.24. The standard InChI is InChI=1S/C22H32N2O14/c1-24-13-10(14(27)12(5-25)37-20(13)32)6-34-22-17(30)15(28)16(29)18(38-22)21(33)36-7-35-19(31)9-4-8(23)2-3-11(9)26/h2-4,10,12-18,20,22,24-30,32H,5-7,23H2,1H3/p+1/t10-,12?,13?,14+,15+,16-,17?,18?,20+,22+/m0/s1. The molecule has 2 aliphatic rings. The molecular formula is C22H33N2O14+. The van der Waals surface area contributed by atoms with Gasteiger partial charge in [-0.05, 0) is 18.2 Å². The number of benzene rings is 1. The summed E-state index contributed by atoms with van der Waals surface area (Å²) in [5, 5.41) is 72.1. The fraction of sp³-hybridized carbons (Fsp3) is 0.636. The van der Waals surface area contributed by atoms with E-state index in [1.165, 1.54) is 12.1 Å². The third kappa shape index (κ3) is 6.49. The number of ether oxygens (including phenoxy) is 5. The molecular weight excluding hydrogens is 516 g/mol. The van der Waals surface area contributed by atoms with Crippen LogP contribution < -0.4 is 11.1 Å². The average molecular weight is 550 g/mol. The molecule has 2 fully saturated rings. The molecule has 2 saturated heterocycles. The molecule has 0 aromatic heterocycles. The summed E-state index contributed by atoms with van der Waals surface area (Å²) in [5.74, 6) is -3.60. The Kier molecular flexibility index (Phi) is 10.2. The van der Waals surface area contributed by atoms with Gasteiger partial charge in [0.25, 0.3) is 0 Å².